The van der Waals surface area contributed by atoms with Crippen LogP contribution >= 0.6 is 0 Å². The van der Waals surface area contributed by atoms with Gasteiger partial charge in [0.05, 0.1) is 0 Å². The van der Waals surface area contributed by atoms with Crippen molar-refractivity contribution in [3.05, 3.63) is 32.9 Å². The summed E-state index contributed by atoms with van der Waals surface area (Å²) in [6.45, 7) is 0. The van der Waals surface area contributed by atoms with Crippen molar-refractivity contribution in [2.75, 3.05) is 0 Å². The van der Waals surface area contributed by atoms with Crippen molar-refractivity contribution in [3.8, 4) is 0 Å². The van der Waals surface area contributed by atoms with Gasteiger partial charge in [-0.15, -0.1) is 0 Å². The third-order valence-electron chi connectivity index (χ3n) is 0.774. The van der Waals surface area contributed by atoms with Gasteiger partial charge in [-0.3, -0.25) is 9.78 Å². The lowest BCUT2D eigenvalue weighted by atomic mass is 10.6. The van der Waals surface area contributed by atoms with Crippen molar-refractivity contribution in [1.82, 2.24) is 9.97 Å². The number of halogens is 1. The van der Waals surface area contributed by atoms with Gasteiger partial charge in [0.15, 0.2) is 0 Å². The van der Waals surface area contributed by atoms with Crippen LogP contribution in [0.2, 0.25) is 0 Å². The summed E-state index contributed by atoms with van der Waals surface area (Å²) >= 11 is 0. The molecule has 0 amide bonds. The molecule has 0 unspecified atom stereocenters. The van der Waals surface area contributed by atoms with Gasteiger partial charge in [-0.05, 0) is 0 Å². The van der Waals surface area contributed by atoms with E-state index < -0.39 is 17.1 Å². The molecule has 0 aromatic carbocycles. The Hall–Kier alpha value is -1.39. The Bertz CT molecular complexity index is 315. The molecule has 64 valence electrons. The van der Waals surface area contributed by atoms with Gasteiger partial charge in [-0.2, -0.15) is 4.39 Å². The van der Waals surface area contributed by atoms with Crippen LogP contribution in [-0.4, -0.2) is 9.97 Å². The van der Waals surface area contributed by atoms with Crippen LogP contribution in [-0.2, 0) is 0 Å². The monoisotopic (exact) mass is 162 g/mol. The lowest BCUT2D eigenvalue weighted by Gasteiger charge is -1.81. The molecule has 5 heteroatoms. The Labute approximate surface area is 63.1 Å². The molecule has 1 aromatic rings. The molecule has 0 fully saturated rings. The largest absolute Gasteiger partial charge is 0.325 e. The van der Waals surface area contributed by atoms with E-state index in [2.05, 4.69) is 0 Å². The highest BCUT2D eigenvalue weighted by molar-refractivity contribution is 4.83. The molecule has 2 N–H and O–H groups in total. The van der Waals surface area contributed by atoms with Crippen LogP contribution in [0.15, 0.2) is 15.8 Å². The van der Waals surface area contributed by atoms with E-state index >= 15 is 0 Å². The van der Waals surface area contributed by atoms with Gasteiger partial charge in [0.2, 0.25) is 5.82 Å². The van der Waals surface area contributed by atoms with Crippen molar-refractivity contribution >= 4 is 0 Å². The summed E-state index contributed by atoms with van der Waals surface area (Å²) in [6, 6.07) is 0. The molecule has 0 bridgehead atoms. The van der Waals surface area contributed by atoms with Gasteiger partial charge in [0.25, 0.3) is 5.56 Å². The molecular formula is C6H11FN2O2. The Balaban J connectivity index is 0. The molecule has 11 heavy (non-hydrogen) atoms. The van der Waals surface area contributed by atoms with Gasteiger partial charge >= 0.3 is 5.69 Å². The fraction of sp³-hybridized carbons (Fsp3) is 0.333. The molecule has 0 radical (unpaired) electrons. The van der Waals surface area contributed by atoms with E-state index in [9.17, 15) is 14.0 Å². The summed E-state index contributed by atoms with van der Waals surface area (Å²) in [7, 11) is 0. The van der Waals surface area contributed by atoms with Gasteiger partial charge < -0.3 is 4.98 Å². The summed E-state index contributed by atoms with van der Waals surface area (Å²) in [4.78, 5) is 24.0. The first-order valence-electron chi connectivity index (χ1n) is 2.17. The fourth-order valence-electron chi connectivity index (χ4n) is 0.393. The number of aromatic amines is 2. The highest BCUT2D eigenvalue weighted by Gasteiger charge is 1.93. The number of hydrogen-bond acceptors (Lipinski definition) is 2. The van der Waals surface area contributed by atoms with Gasteiger partial charge in [-0.1, -0.05) is 14.9 Å². The minimum atomic E-state index is -1.00. The quantitative estimate of drug-likeness (QED) is 0.582. The van der Waals surface area contributed by atoms with E-state index in [0.717, 1.165) is 0 Å². The second kappa shape index (κ2) is 4.43. The average molecular weight is 162 g/mol. The number of nitrogens with one attached hydrogen (secondary N) is 2. The van der Waals surface area contributed by atoms with Gasteiger partial charge in [0, 0.05) is 6.20 Å². The van der Waals surface area contributed by atoms with Crippen LogP contribution in [0.3, 0.4) is 0 Å². The molecule has 0 aliphatic carbocycles. The Morgan fingerprint density at radius 2 is 1.82 bits per heavy atom. The molecule has 1 aromatic heterocycles. The summed E-state index contributed by atoms with van der Waals surface area (Å²) in [5.74, 6) is -0.991. The zero-order valence-electron chi connectivity index (χ0n) is 4.27. The molecule has 0 saturated carbocycles. The maximum Gasteiger partial charge on any atom is 0.325 e. The second-order valence-electron chi connectivity index (χ2n) is 1.42. The highest BCUT2D eigenvalue weighted by Crippen LogP contribution is 1.74. The SMILES string of the molecule is C.C.O=c1[nH]cc(F)c(=O)[nH]1. The van der Waals surface area contributed by atoms with Crippen molar-refractivity contribution in [3.63, 3.8) is 0 Å². The van der Waals surface area contributed by atoms with Crippen LogP contribution in [0.25, 0.3) is 0 Å². The predicted octanol–water partition coefficient (Wildman–Crippen LogP) is 0.475. The first-order chi connectivity index (χ1) is 4.20. The van der Waals surface area contributed by atoms with E-state index in [1.807, 2.05) is 4.98 Å². The first kappa shape index (κ1) is 12.3. The minimum Gasteiger partial charge on any atom is -0.311 e. The van der Waals surface area contributed by atoms with Crippen molar-refractivity contribution in [2.45, 2.75) is 14.9 Å². The van der Waals surface area contributed by atoms with E-state index in [1.54, 1.807) is 4.98 Å². The minimum absolute atomic E-state index is 0. The van der Waals surface area contributed by atoms with Gasteiger partial charge in [-0.25, -0.2) is 4.79 Å². The number of rotatable bonds is 0. The Morgan fingerprint density at radius 1 is 1.27 bits per heavy atom. The van der Waals surface area contributed by atoms with Crippen molar-refractivity contribution < 1.29 is 4.39 Å². The van der Waals surface area contributed by atoms with Gasteiger partial charge in [0.1, 0.15) is 0 Å². The third-order valence-corrected chi connectivity index (χ3v) is 0.774. The van der Waals surface area contributed by atoms with E-state index in [-0.39, 0.29) is 14.9 Å². The molecule has 0 saturated heterocycles. The fourth-order valence-corrected chi connectivity index (χ4v) is 0.393. The average Bonchev–Trinajstić information content (AvgIpc) is 1.80. The molecule has 0 aliphatic heterocycles. The maximum atomic E-state index is 12.0. The van der Waals surface area contributed by atoms with Crippen LogP contribution in [0.1, 0.15) is 14.9 Å². The molecule has 0 atom stereocenters. The van der Waals surface area contributed by atoms with Crippen LogP contribution < -0.4 is 11.2 Å². The van der Waals surface area contributed by atoms with E-state index in [4.69, 9.17) is 0 Å². The zero-order chi connectivity index (χ0) is 6.85. The maximum absolute atomic E-state index is 12.0. The Kier molecular flexibility index (Phi) is 4.95. The summed E-state index contributed by atoms with van der Waals surface area (Å²) in [5.41, 5.74) is -1.71. The summed E-state index contributed by atoms with van der Waals surface area (Å²) in [6.07, 6.45) is 0.709. The van der Waals surface area contributed by atoms with Crippen molar-refractivity contribution in [2.24, 2.45) is 0 Å². The molecule has 1 heterocycles. The number of H-pyrrole nitrogens is 2. The van der Waals surface area contributed by atoms with Crippen molar-refractivity contribution in [1.29, 1.82) is 0 Å². The number of aromatic nitrogens is 2. The van der Waals surface area contributed by atoms with Crippen LogP contribution in [0.5, 0.6) is 0 Å². The van der Waals surface area contributed by atoms with E-state index in [0.29, 0.717) is 6.20 Å². The molecule has 0 spiro atoms. The third kappa shape index (κ3) is 2.79. The Morgan fingerprint density at radius 3 is 2.18 bits per heavy atom. The molecule has 4 nitrogen and oxygen atoms in total. The standard InChI is InChI=1S/C4H3FN2O2.2CH4/c5-2-1-6-4(9)7-3(2)8;;/h1H,(H2,6,7,8,9);2*1H4. The molecule has 1 rings (SSSR count). The predicted molar refractivity (Wildman–Crippen MR) is 41.1 cm³/mol. The van der Waals surface area contributed by atoms with Crippen LogP contribution in [0, 0.1) is 5.82 Å². The lowest BCUT2D eigenvalue weighted by molar-refractivity contribution is 0.597. The van der Waals surface area contributed by atoms with E-state index in [1.165, 1.54) is 0 Å². The first-order valence-corrected chi connectivity index (χ1v) is 2.17. The summed E-state index contributed by atoms with van der Waals surface area (Å²) < 4.78 is 12.0. The highest BCUT2D eigenvalue weighted by atomic mass is 19.1. The number of hydrogen-bond donors (Lipinski definition) is 2. The van der Waals surface area contributed by atoms with Crippen LogP contribution in [0.4, 0.5) is 4.39 Å². The normalized spacial score (nSPS) is 7.73. The smallest absolute Gasteiger partial charge is 0.311 e. The molecule has 0 aliphatic rings. The zero-order valence-corrected chi connectivity index (χ0v) is 4.27. The summed E-state index contributed by atoms with van der Waals surface area (Å²) in [5, 5.41) is 0. The second-order valence-corrected chi connectivity index (χ2v) is 1.42. The lowest BCUT2D eigenvalue weighted by Crippen LogP contribution is -2.23. The molecular weight excluding hydrogens is 151 g/mol. The topological polar surface area (TPSA) is 65.7 Å².